The lowest BCUT2D eigenvalue weighted by molar-refractivity contribution is 0.488. The first-order chi connectivity index (χ1) is 8.84. The average Bonchev–Trinajstić information content (AvgIpc) is 2.44. The van der Waals surface area contributed by atoms with Crippen LogP contribution in [0.2, 0.25) is 5.02 Å². The molecule has 3 aromatic rings. The van der Waals surface area contributed by atoms with Crippen molar-refractivity contribution in [3.05, 3.63) is 65.8 Å². The van der Waals surface area contributed by atoms with Gasteiger partial charge >= 0.3 is 0 Å². The van der Waals surface area contributed by atoms with Gasteiger partial charge in [-0.05, 0) is 36.4 Å². The molecule has 0 spiro atoms. The van der Waals surface area contributed by atoms with E-state index in [4.69, 9.17) is 16.3 Å². The number of hydrogen-bond donors (Lipinski definition) is 0. The molecule has 0 N–H and O–H groups in total. The Kier molecular flexibility index (Phi) is 2.87. The number of fused-ring (bicyclic) bond motifs is 1. The lowest BCUT2D eigenvalue weighted by atomic mass is 10.2. The number of rotatable bonds is 2. The smallest absolute Gasteiger partial charge is 0.136 e. The first-order valence-corrected chi connectivity index (χ1v) is 5.98. The fourth-order valence-electron chi connectivity index (χ4n) is 1.82. The minimum absolute atomic E-state index is 0.631. The molecule has 0 saturated carbocycles. The van der Waals surface area contributed by atoms with E-state index in [-0.39, 0.29) is 0 Å². The second-order valence-electron chi connectivity index (χ2n) is 3.86. The maximum absolute atomic E-state index is 6.11. The van der Waals surface area contributed by atoms with E-state index in [1.807, 2.05) is 48.5 Å². The third-order valence-electron chi connectivity index (χ3n) is 2.65. The van der Waals surface area contributed by atoms with Gasteiger partial charge in [-0.3, -0.25) is 4.98 Å². The highest BCUT2D eigenvalue weighted by Crippen LogP contribution is 2.32. The number of benzene rings is 2. The van der Waals surface area contributed by atoms with Crippen molar-refractivity contribution in [2.24, 2.45) is 0 Å². The van der Waals surface area contributed by atoms with Crippen LogP contribution in [0.5, 0.6) is 11.5 Å². The van der Waals surface area contributed by atoms with E-state index in [0.717, 1.165) is 22.4 Å². The predicted molar refractivity (Wildman–Crippen MR) is 73.3 cm³/mol. The maximum Gasteiger partial charge on any atom is 0.136 e. The third kappa shape index (κ3) is 2.03. The second kappa shape index (κ2) is 4.67. The van der Waals surface area contributed by atoms with E-state index in [2.05, 4.69) is 4.98 Å². The summed E-state index contributed by atoms with van der Waals surface area (Å²) in [4.78, 5) is 4.27. The standard InChI is InChI=1S/C15H10ClNO/c16-13-8-9-14(12-7-4-10-17-15(12)13)18-11-5-2-1-3-6-11/h1-10H. The number of nitrogens with zero attached hydrogens (tertiary/aromatic N) is 1. The third-order valence-corrected chi connectivity index (χ3v) is 2.96. The molecule has 0 bridgehead atoms. The van der Waals surface area contributed by atoms with E-state index >= 15 is 0 Å². The SMILES string of the molecule is Clc1ccc(Oc2ccccc2)c2cccnc12. The first kappa shape index (κ1) is 11.1. The maximum atomic E-state index is 6.11. The van der Waals surface area contributed by atoms with Crippen LogP contribution in [0.15, 0.2) is 60.8 Å². The van der Waals surface area contributed by atoms with Crippen LogP contribution in [0.4, 0.5) is 0 Å². The normalized spacial score (nSPS) is 10.5. The summed E-state index contributed by atoms with van der Waals surface area (Å²) in [5, 5.41) is 1.54. The van der Waals surface area contributed by atoms with Crippen LogP contribution >= 0.6 is 11.6 Å². The number of para-hydroxylation sites is 1. The van der Waals surface area contributed by atoms with Crippen molar-refractivity contribution in [3.8, 4) is 11.5 Å². The molecule has 1 heterocycles. The monoisotopic (exact) mass is 255 g/mol. The molecule has 0 aliphatic heterocycles. The molecule has 2 aromatic carbocycles. The second-order valence-corrected chi connectivity index (χ2v) is 4.27. The van der Waals surface area contributed by atoms with E-state index in [1.54, 1.807) is 12.3 Å². The van der Waals surface area contributed by atoms with Crippen LogP contribution in [0.3, 0.4) is 0 Å². The quantitative estimate of drug-likeness (QED) is 0.663. The number of hydrogen-bond acceptors (Lipinski definition) is 2. The zero-order valence-corrected chi connectivity index (χ0v) is 10.3. The highest BCUT2D eigenvalue weighted by atomic mass is 35.5. The summed E-state index contributed by atoms with van der Waals surface area (Å²) < 4.78 is 5.85. The molecule has 0 unspecified atom stereocenters. The van der Waals surface area contributed by atoms with Gasteiger partial charge in [-0.2, -0.15) is 0 Å². The van der Waals surface area contributed by atoms with E-state index in [0.29, 0.717) is 5.02 Å². The number of aromatic nitrogens is 1. The van der Waals surface area contributed by atoms with Crippen LogP contribution in [0.25, 0.3) is 10.9 Å². The minimum atomic E-state index is 0.631. The zero-order valence-electron chi connectivity index (χ0n) is 9.51. The van der Waals surface area contributed by atoms with Crippen molar-refractivity contribution in [1.82, 2.24) is 4.98 Å². The fourth-order valence-corrected chi connectivity index (χ4v) is 2.03. The molecule has 3 heteroatoms. The van der Waals surface area contributed by atoms with Crippen LogP contribution in [0.1, 0.15) is 0 Å². The molecule has 0 fully saturated rings. The largest absolute Gasteiger partial charge is 0.457 e. The molecule has 1 aromatic heterocycles. The number of halogens is 1. The summed E-state index contributed by atoms with van der Waals surface area (Å²) in [6.45, 7) is 0. The van der Waals surface area contributed by atoms with Gasteiger partial charge in [0.2, 0.25) is 0 Å². The Balaban J connectivity index is 2.10. The molecule has 18 heavy (non-hydrogen) atoms. The molecule has 0 radical (unpaired) electrons. The molecule has 3 rings (SSSR count). The Hall–Kier alpha value is -2.06. The summed E-state index contributed by atoms with van der Waals surface area (Å²) >= 11 is 6.11. The molecule has 0 aliphatic carbocycles. The van der Waals surface area contributed by atoms with Crippen molar-refractivity contribution in [2.45, 2.75) is 0 Å². The summed E-state index contributed by atoms with van der Waals surface area (Å²) in [6.07, 6.45) is 1.72. The molecule has 0 saturated heterocycles. The van der Waals surface area contributed by atoms with Gasteiger partial charge in [-0.1, -0.05) is 29.8 Å². The Labute approximate surface area is 110 Å². The van der Waals surface area contributed by atoms with Crippen molar-refractivity contribution in [1.29, 1.82) is 0 Å². The van der Waals surface area contributed by atoms with E-state index < -0.39 is 0 Å². The lowest BCUT2D eigenvalue weighted by Gasteiger charge is -2.09. The summed E-state index contributed by atoms with van der Waals surface area (Å²) in [5.41, 5.74) is 0.757. The van der Waals surface area contributed by atoms with Crippen LogP contribution < -0.4 is 4.74 Å². The van der Waals surface area contributed by atoms with Crippen molar-refractivity contribution in [2.75, 3.05) is 0 Å². The van der Waals surface area contributed by atoms with Gasteiger partial charge in [0.05, 0.1) is 10.5 Å². The highest BCUT2D eigenvalue weighted by molar-refractivity contribution is 6.35. The first-order valence-electron chi connectivity index (χ1n) is 5.61. The lowest BCUT2D eigenvalue weighted by Crippen LogP contribution is -1.87. The van der Waals surface area contributed by atoms with Gasteiger partial charge in [0.15, 0.2) is 0 Å². The average molecular weight is 256 g/mol. The van der Waals surface area contributed by atoms with Crippen LogP contribution in [0, 0.1) is 0 Å². The molecular formula is C15H10ClNO. The van der Waals surface area contributed by atoms with Gasteiger partial charge < -0.3 is 4.74 Å². The summed E-state index contributed by atoms with van der Waals surface area (Å²) in [5.74, 6) is 1.55. The fraction of sp³-hybridized carbons (Fsp3) is 0. The predicted octanol–water partition coefficient (Wildman–Crippen LogP) is 4.68. The molecule has 88 valence electrons. The van der Waals surface area contributed by atoms with Gasteiger partial charge in [-0.15, -0.1) is 0 Å². The Morgan fingerprint density at radius 2 is 1.72 bits per heavy atom. The Morgan fingerprint density at radius 3 is 2.56 bits per heavy atom. The van der Waals surface area contributed by atoms with Gasteiger partial charge in [0.1, 0.15) is 11.5 Å². The van der Waals surface area contributed by atoms with Crippen molar-refractivity contribution < 1.29 is 4.74 Å². The van der Waals surface area contributed by atoms with Crippen molar-refractivity contribution in [3.63, 3.8) is 0 Å². The van der Waals surface area contributed by atoms with Gasteiger partial charge in [-0.25, -0.2) is 0 Å². The topological polar surface area (TPSA) is 22.1 Å². The molecule has 2 nitrogen and oxygen atoms in total. The number of pyridine rings is 1. The number of ether oxygens (including phenoxy) is 1. The zero-order chi connectivity index (χ0) is 12.4. The molecule has 0 aliphatic rings. The van der Waals surface area contributed by atoms with Gasteiger partial charge in [0, 0.05) is 11.6 Å². The molecular weight excluding hydrogens is 246 g/mol. The van der Waals surface area contributed by atoms with Crippen LogP contribution in [-0.2, 0) is 0 Å². The van der Waals surface area contributed by atoms with E-state index in [1.165, 1.54) is 0 Å². The highest BCUT2D eigenvalue weighted by Gasteiger charge is 2.06. The summed E-state index contributed by atoms with van der Waals surface area (Å²) in [7, 11) is 0. The molecule has 0 amide bonds. The minimum Gasteiger partial charge on any atom is -0.457 e. The van der Waals surface area contributed by atoms with E-state index in [9.17, 15) is 0 Å². The molecule has 0 atom stereocenters. The Bertz CT molecular complexity index is 682. The van der Waals surface area contributed by atoms with Gasteiger partial charge in [0.25, 0.3) is 0 Å². The van der Waals surface area contributed by atoms with Crippen LogP contribution in [-0.4, -0.2) is 4.98 Å². The van der Waals surface area contributed by atoms with Crippen molar-refractivity contribution >= 4 is 22.5 Å². The summed E-state index contributed by atoms with van der Waals surface area (Å²) in [6, 6.07) is 17.1. The Morgan fingerprint density at radius 1 is 0.889 bits per heavy atom.